The Kier molecular flexibility index (Phi) is 8.00. The third kappa shape index (κ3) is 5.74. The molecule has 0 aliphatic rings. The fourth-order valence-electron chi connectivity index (χ4n) is 4.33. The van der Waals surface area contributed by atoms with E-state index in [-0.39, 0.29) is 6.42 Å². The summed E-state index contributed by atoms with van der Waals surface area (Å²) in [5.74, 6) is 1.28. The number of aryl methyl sites for hydroxylation is 1. The Balaban J connectivity index is 1.51. The van der Waals surface area contributed by atoms with Gasteiger partial charge in [0.05, 0.1) is 25.8 Å². The third-order valence-electron chi connectivity index (χ3n) is 6.14. The molecule has 0 aliphatic heterocycles. The molecule has 0 saturated carbocycles. The molecule has 0 bridgehead atoms. The van der Waals surface area contributed by atoms with Crippen molar-refractivity contribution < 1.29 is 19.4 Å². The van der Waals surface area contributed by atoms with E-state index in [1.807, 2.05) is 31.2 Å². The number of carboxylic acid groups (broad SMARTS) is 1. The van der Waals surface area contributed by atoms with Crippen molar-refractivity contribution in [2.45, 2.75) is 33.1 Å². The summed E-state index contributed by atoms with van der Waals surface area (Å²) in [5.41, 5.74) is 4.61. The van der Waals surface area contributed by atoms with Crippen LogP contribution in [-0.2, 0) is 17.6 Å². The molecule has 3 aromatic carbocycles. The van der Waals surface area contributed by atoms with E-state index < -0.39 is 5.97 Å². The largest absolute Gasteiger partial charge is 0.496 e. The van der Waals surface area contributed by atoms with Crippen molar-refractivity contribution in [2.75, 3.05) is 25.6 Å². The molecule has 7 heteroatoms. The molecule has 0 spiro atoms. The number of nitrogens with one attached hydrogen (secondary N) is 1. The van der Waals surface area contributed by atoms with Crippen molar-refractivity contribution in [1.29, 1.82) is 0 Å². The Bertz CT molecular complexity index is 1370. The summed E-state index contributed by atoms with van der Waals surface area (Å²) in [6.07, 6.45) is 3.04. The maximum atomic E-state index is 11.2. The smallest absolute Gasteiger partial charge is 0.307 e. The lowest BCUT2D eigenvalue weighted by molar-refractivity contribution is -0.136. The van der Waals surface area contributed by atoms with Crippen LogP contribution in [0.2, 0.25) is 0 Å². The molecule has 1 aromatic heterocycles. The summed E-state index contributed by atoms with van der Waals surface area (Å²) in [6.45, 7) is 5.34. The van der Waals surface area contributed by atoms with E-state index >= 15 is 0 Å². The number of hydrogen-bond acceptors (Lipinski definition) is 6. The Morgan fingerprint density at radius 1 is 1.06 bits per heavy atom. The number of ether oxygens (including phenoxy) is 2. The van der Waals surface area contributed by atoms with Crippen molar-refractivity contribution in [2.24, 2.45) is 0 Å². The highest BCUT2D eigenvalue weighted by atomic mass is 16.5. The molecular weight excluding hydrogens is 454 g/mol. The summed E-state index contributed by atoms with van der Waals surface area (Å²) in [7, 11) is 1.71. The zero-order valence-corrected chi connectivity index (χ0v) is 20.9. The number of anilines is 1. The van der Waals surface area contributed by atoms with Gasteiger partial charge in [-0.3, -0.25) is 4.79 Å². The lowest BCUT2D eigenvalue weighted by Crippen LogP contribution is -2.09. The number of methoxy groups -OCH3 is 1. The zero-order chi connectivity index (χ0) is 25.5. The topological polar surface area (TPSA) is 93.6 Å². The van der Waals surface area contributed by atoms with Gasteiger partial charge in [-0.25, -0.2) is 9.97 Å². The zero-order valence-electron chi connectivity index (χ0n) is 20.9. The van der Waals surface area contributed by atoms with Crippen molar-refractivity contribution in [3.05, 3.63) is 77.6 Å². The molecule has 0 fully saturated rings. The first kappa shape index (κ1) is 25.0. The minimum atomic E-state index is -0.893. The van der Waals surface area contributed by atoms with Crippen LogP contribution in [0.15, 0.2) is 60.9 Å². The summed E-state index contributed by atoms with van der Waals surface area (Å²) < 4.78 is 11.5. The van der Waals surface area contributed by atoms with Crippen LogP contribution in [0.1, 0.15) is 30.0 Å². The lowest BCUT2D eigenvalue weighted by atomic mass is 9.97. The van der Waals surface area contributed by atoms with Crippen molar-refractivity contribution in [1.82, 2.24) is 9.97 Å². The SMILES string of the molecule is CCCOc1cc(-c2cc(NCCc3c(OC)cc4ccccc4c3C)ncn2)ccc1CC(=O)O. The van der Waals surface area contributed by atoms with Gasteiger partial charge in [0.1, 0.15) is 23.6 Å². The van der Waals surface area contributed by atoms with Crippen molar-refractivity contribution >= 4 is 22.6 Å². The second kappa shape index (κ2) is 11.5. The second-order valence-corrected chi connectivity index (χ2v) is 8.61. The maximum absolute atomic E-state index is 11.2. The van der Waals surface area contributed by atoms with Crippen LogP contribution in [0, 0.1) is 6.92 Å². The van der Waals surface area contributed by atoms with Crippen molar-refractivity contribution in [3.63, 3.8) is 0 Å². The first-order valence-corrected chi connectivity index (χ1v) is 12.1. The molecule has 186 valence electrons. The van der Waals surface area contributed by atoms with E-state index in [0.717, 1.165) is 29.8 Å². The molecule has 0 atom stereocenters. The highest BCUT2D eigenvalue weighted by Crippen LogP contribution is 2.31. The number of carbonyl (C=O) groups is 1. The molecule has 7 nitrogen and oxygen atoms in total. The van der Waals surface area contributed by atoms with Gasteiger partial charge in [0.25, 0.3) is 0 Å². The minimum Gasteiger partial charge on any atom is -0.496 e. The molecule has 0 aliphatic carbocycles. The predicted molar refractivity (Wildman–Crippen MR) is 142 cm³/mol. The molecule has 36 heavy (non-hydrogen) atoms. The fraction of sp³-hybridized carbons (Fsp3) is 0.276. The van der Waals surface area contributed by atoms with Crippen LogP contribution >= 0.6 is 0 Å². The Labute approximate surface area is 211 Å². The van der Waals surface area contributed by atoms with Gasteiger partial charge in [0.2, 0.25) is 0 Å². The number of rotatable bonds is 11. The van der Waals surface area contributed by atoms with Gasteiger partial charge in [-0.2, -0.15) is 0 Å². The van der Waals surface area contributed by atoms with Gasteiger partial charge < -0.3 is 19.9 Å². The van der Waals surface area contributed by atoms with Crippen LogP contribution in [0.25, 0.3) is 22.0 Å². The van der Waals surface area contributed by atoms with Gasteiger partial charge in [0, 0.05) is 23.7 Å². The summed E-state index contributed by atoms with van der Waals surface area (Å²) in [6, 6.07) is 17.8. The molecule has 1 heterocycles. The molecular formula is C29H31N3O4. The van der Waals surface area contributed by atoms with Gasteiger partial charge in [0.15, 0.2) is 0 Å². The van der Waals surface area contributed by atoms with E-state index in [9.17, 15) is 9.90 Å². The van der Waals surface area contributed by atoms with Crippen LogP contribution in [-0.4, -0.2) is 41.3 Å². The maximum Gasteiger partial charge on any atom is 0.307 e. The Hall–Kier alpha value is -4.13. The number of fused-ring (bicyclic) bond motifs is 1. The van der Waals surface area contributed by atoms with E-state index in [2.05, 4.69) is 46.5 Å². The van der Waals surface area contributed by atoms with Gasteiger partial charge in [-0.15, -0.1) is 0 Å². The average molecular weight is 486 g/mol. The predicted octanol–water partition coefficient (Wildman–Crippen LogP) is 5.68. The van der Waals surface area contributed by atoms with E-state index in [1.165, 1.54) is 28.2 Å². The van der Waals surface area contributed by atoms with E-state index in [4.69, 9.17) is 9.47 Å². The first-order chi connectivity index (χ1) is 17.5. The van der Waals surface area contributed by atoms with Crippen LogP contribution < -0.4 is 14.8 Å². The number of aliphatic carboxylic acids is 1. The normalized spacial score (nSPS) is 10.9. The third-order valence-corrected chi connectivity index (χ3v) is 6.14. The number of nitrogens with zero attached hydrogens (tertiary/aromatic N) is 2. The first-order valence-electron chi connectivity index (χ1n) is 12.1. The molecule has 4 aromatic rings. The molecule has 2 N–H and O–H groups in total. The van der Waals surface area contributed by atoms with E-state index in [0.29, 0.717) is 30.3 Å². The monoisotopic (exact) mass is 485 g/mol. The van der Waals surface area contributed by atoms with Crippen molar-refractivity contribution in [3.8, 4) is 22.8 Å². The van der Waals surface area contributed by atoms with Gasteiger partial charge >= 0.3 is 5.97 Å². The van der Waals surface area contributed by atoms with Crippen LogP contribution in [0.4, 0.5) is 5.82 Å². The fourth-order valence-corrected chi connectivity index (χ4v) is 4.33. The Morgan fingerprint density at radius 3 is 2.67 bits per heavy atom. The summed E-state index contributed by atoms with van der Waals surface area (Å²) in [5, 5.41) is 15.0. The molecule has 0 amide bonds. The standard InChI is InChI=1S/C29H31N3O4/c1-4-13-36-26-15-21(9-10-22(26)16-29(33)34)25-17-28(32-18-31-25)30-12-11-24-19(2)23-8-6-5-7-20(23)14-27(24)35-3/h5-10,14-15,17-18H,4,11-13,16H2,1-3H3,(H,33,34)(H,30,31,32). The average Bonchev–Trinajstić information content (AvgIpc) is 2.89. The number of aromatic nitrogens is 2. The lowest BCUT2D eigenvalue weighted by Gasteiger charge is -2.15. The minimum absolute atomic E-state index is 0.0897. The van der Waals surface area contributed by atoms with Gasteiger partial charge in [-0.1, -0.05) is 43.3 Å². The van der Waals surface area contributed by atoms with Crippen LogP contribution in [0.5, 0.6) is 11.5 Å². The molecule has 0 saturated heterocycles. The molecule has 0 unspecified atom stereocenters. The number of hydrogen-bond donors (Lipinski definition) is 2. The highest BCUT2D eigenvalue weighted by molar-refractivity contribution is 5.88. The number of carboxylic acids is 1. The summed E-state index contributed by atoms with van der Waals surface area (Å²) in [4.78, 5) is 20.0. The Morgan fingerprint density at radius 2 is 1.89 bits per heavy atom. The van der Waals surface area contributed by atoms with E-state index in [1.54, 1.807) is 13.2 Å². The van der Waals surface area contributed by atoms with Crippen LogP contribution in [0.3, 0.4) is 0 Å². The molecule has 4 rings (SSSR count). The summed E-state index contributed by atoms with van der Waals surface area (Å²) >= 11 is 0. The van der Waals surface area contributed by atoms with Gasteiger partial charge in [-0.05, 0) is 53.8 Å². The highest BCUT2D eigenvalue weighted by Gasteiger charge is 2.13. The quantitative estimate of drug-likeness (QED) is 0.282. The molecule has 0 radical (unpaired) electrons. The second-order valence-electron chi connectivity index (χ2n) is 8.61. The number of benzene rings is 3.